The Labute approximate surface area is 160 Å². The van der Waals surface area contributed by atoms with Crippen molar-refractivity contribution in [2.45, 2.75) is 60.3 Å². The Morgan fingerprint density at radius 1 is 1.00 bits per heavy atom. The van der Waals surface area contributed by atoms with Gasteiger partial charge in [0.15, 0.2) is 6.73 Å². The van der Waals surface area contributed by atoms with Gasteiger partial charge in [-0.05, 0) is 50.3 Å². The fourth-order valence-corrected chi connectivity index (χ4v) is 2.08. The van der Waals surface area contributed by atoms with Crippen molar-refractivity contribution in [1.29, 1.82) is 0 Å². The number of hydrogen-bond donors (Lipinski definition) is 2. The Balaban J connectivity index is 2.55. The summed E-state index contributed by atoms with van der Waals surface area (Å²) in [5, 5.41) is 13.4. The summed E-state index contributed by atoms with van der Waals surface area (Å²) in [5.74, 6) is 0. The number of nitrogens with one attached hydrogen (secondary N) is 2. The number of carbonyl (C=O) groups excluding carboxylic acids is 1. The van der Waals surface area contributed by atoms with Gasteiger partial charge in [-0.25, -0.2) is 9.78 Å². The molecule has 150 valence electrons. The van der Waals surface area contributed by atoms with Crippen molar-refractivity contribution >= 4 is 28.9 Å². The molecule has 0 aliphatic rings. The summed E-state index contributed by atoms with van der Waals surface area (Å²) < 4.78 is 0. The van der Waals surface area contributed by atoms with Crippen LogP contribution in [0.2, 0.25) is 0 Å². The van der Waals surface area contributed by atoms with E-state index in [1.807, 2.05) is 46.8 Å². The van der Waals surface area contributed by atoms with E-state index in [1.54, 1.807) is 6.07 Å². The number of amides is 1. The highest BCUT2D eigenvalue weighted by atomic mass is 17.3. The van der Waals surface area contributed by atoms with Gasteiger partial charge in [-0.2, -0.15) is 0 Å². The number of hydrogen-bond acceptors (Lipinski definition) is 7. The Kier molecular flexibility index (Phi) is 10.5. The molecule has 0 saturated carbocycles. The third-order valence-electron chi connectivity index (χ3n) is 3.92. The van der Waals surface area contributed by atoms with Gasteiger partial charge < -0.3 is 5.32 Å². The van der Waals surface area contributed by atoms with Gasteiger partial charge in [-0.1, -0.05) is 44.1 Å². The molecule has 0 aliphatic carbocycles. The SMILES string of the molecule is CCC(CC)=NOOCNc1ccc(C)c(NC(=O)ON=C(CC)CC)c1. The van der Waals surface area contributed by atoms with E-state index in [-0.39, 0.29) is 6.73 Å². The number of anilines is 2. The highest BCUT2D eigenvalue weighted by Gasteiger charge is 2.07. The van der Waals surface area contributed by atoms with Crippen LogP contribution in [0.5, 0.6) is 0 Å². The number of carbonyl (C=O) groups is 1. The van der Waals surface area contributed by atoms with Gasteiger partial charge in [0.1, 0.15) is 0 Å². The molecule has 1 aromatic carbocycles. The highest BCUT2D eigenvalue weighted by molar-refractivity contribution is 5.88. The second-order valence-corrected chi connectivity index (χ2v) is 5.78. The van der Waals surface area contributed by atoms with E-state index < -0.39 is 6.09 Å². The summed E-state index contributed by atoms with van der Waals surface area (Å²) >= 11 is 0. The smallest absolute Gasteiger partial charge is 0.359 e. The van der Waals surface area contributed by atoms with Crippen LogP contribution in [0.3, 0.4) is 0 Å². The van der Waals surface area contributed by atoms with Crippen LogP contribution in [-0.2, 0) is 14.7 Å². The molecule has 0 unspecified atom stereocenters. The predicted molar refractivity (Wildman–Crippen MR) is 108 cm³/mol. The summed E-state index contributed by atoms with van der Waals surface area (Å²) in [5.41, 5.74) is 4.01. The van der Waals surface area contributed by atoms with Gasteiger partial charge in [0.2, 0.25) is 0 Å². The van der Waals surface area contributed by atoms with Gasteiger partial charge in [0, 0.05) is 11.4 Å². The Hall–Kier alpha value is -2.61. The van der Waals surface area contributed by atoms with Crippen molar-refractivity contribution < 1.29 is 19.5 Å². The summed E-state index contributed by atoms with van der Waals surface area (Å²) in [7, 11) is 0. The molecule has 0 heterocycles. The van der Waals surface area contributed by atoms with Crippen LogP contribution in [-0.4, -0.2) is 24.2 Å². The van der Waals surface area contributed by atoms with Crippen molar-refractivity contribution in [1.82, 2.24) is 0 Å². The molecule has 0 aliphatic heterocycles. The Morgan fingerprint density at radius 3 is 2.26 bits per heavy atom. The fourth-order valence-electron chi connectivity index (χ4n) is 2.08. The number of rotatable bonds is 11. The summed E-state index contributed by atoms with van der Waals surface area (Å²) in [6.07, 6.45) is 2.49. The molecule has 2 N–H and O–H groups in total. The first-order valence-corrected chi connectivity index (χ1v) is 9.26. The quantitative estimate of drug-likeness (QED) is 0.138. The van der Waals surface area contributed by atoms with Crippen LogP contribution >= 0.6 is 0 Å². The molecule has 0 saturated heterocycles. The zero-order chi connectivity index (χ0) is 20.1. The second-order valence-electron chi connectivity index (χ2n) is 5.78. The average molecular weight is 378 g/mol. The van der Waals surface area contributed by atoms with Gasteiger partial charge in [0.25, 0.3) is 0 Å². The maximum absolute atomic E-state index is 11.9. The maximum atomic E-state index is 11.9. The van der Waals surface area contributed by atoms with E-state index in [1.165, 1.54) is 0 Å². The minimum Gasteiger partial charge on any atom is -0.359 e. The third-order valence-corrected chi connectivity index (χ3v) is 3.92. The predicted octanol–water partition coefficient (Wildman–Crippen LogP) is 5.21. The zero-order valence-corrected chi connectivity index (χ0v) is 16.8. The van der Waals surface area contributed by atoms with Crippen molar-refractivity contribution in [3.05, 3.63) is 23.8 Å². The molecule has 0 bridgehead atoms. The summed E-state index contributed by atoms with van der Waals surface area (Å²) in [6.45, 7) is 9.94. The normalized spacial score (nSPS) is 9.96. The van der Waals surface area contributed by atoms with E-state index in [4.69, 9.17) is 14.7 Å². The average Bonchev–Trinajstić information content (AvgIpc) is 2.68. The molecular formula is C19H30N4O4. The van der Waals surface area contributed by atoms with Gasteiger partial charge in [-0.15, -0.1) is 4.89 Å². The maximum Gasteiger partial charge on any atom is 0.437 e. The lowest BCUT2D eigenvalue weighted by Gasteiger charge is -2.11. The largest absolute Gasteiger partial charge is 0.437 e. The molecule has 8 nitrogen and oxygen atoms in total. The van der Waals surface area contributed by atoms with Crippen molar-refractivity contribution in [2.75, 3.05) is 17.4 Å². The zero-order valence-electron chi connectivity index (χ0n) is 16.8. The standard InChI is InChI=1S/C19H30N4O4/c1-6-15(7-2)22-26-19(24)21-18-12-17(11-10-14(18)5)20-13-25-27-23-16(8-3)9-4/h10-12,20H,6-9,13H2,1-5H3,(H,21,24). The van der Waals surface area contributed by atoms with Crippen LogP contribution in [0.1, 0.15) is 58.9 Å². The van der Waals surface area contributed by atoms with Crippen LogP contribution in [0.25, 0.3) is 0 Å². The lowest BCUT2D eigenvalue weighted by molar-refractivity contribution is -0.290. The molecule has 8 heteroatoms. The molecule has 1 aromatic rings. The molecule has 1 rings (SSSR count). The van der Waals surface area contributed by atoms with Gasteiger partial charge >= 0.3 is 6.09 Å². The number of aryl methyl sites for hydroxylation is 1. The topological polar surface area (TPSA) is 93.5 Å². The fraction of sp³-hybridized carbons (Fsp3) is 0.526. The second kappa shape index (κ2) is 12.7. The lowest BCUT2D eigenvalue weighted by atomic mass is 10.2. The monoisotopic (exact) mass is 378 g/mol. The number of oxime groups is 2. The number of benzene rings is 1. The van der Waals surface area contributed by atoms with Crippen LogP contribution in [0, 0.1) is 6.92 Å². The molecule has 0 radical (unpaired) electrons. The van der Waals surface area contributed by atoms with Gasteiger partial charge in [-0.3, -0.25) is 10.2 Å². The lowest BCUT2D eigenvalue weighted by Crippen LogP contribution is -2.13. The summed E-state index contributed by atoms with van der Waals surface area (Å²) in [4.78, 5) is 26.6. The van der Waals surface area contributed by atoms with E-state index in [0.717, 1.165) is 48.4 Å². The van der Waals surface area contributed by atoms with Crippen molar-refractivity contribution in [3.8, 4) is 0 Å². The molecule has 0 spiro atoms. The van der Waals surface area contributed by atoms with Crippen LogP contribution < -0.4 is 10.6 Å². The first-order valence-electron chi connectivity index (χ1n) is 9.26. The van der Waals surface area contributed by atoms with Gasteiger partial charge in [0.05, 0.1) is 11.4 Å². The summed E-state index contributed by atoms with van der Waals surface area (Å²) in [6, 6.07) is 5.51. The molecule has 0 aromatic heterocycles. The van der Waals surface area contributed by atoms with E-state index in [0.29, 0.717) is 5.69 Å². The van der Waals surface area contributed by atoms with Crippen molar-refractivity contribution in [3.63, 3.8) is 0 Å². The first-order chi connectivity index (χ1) is 13.0. The Bertz CT molecular complexity index is 647. The molecule has 0 fully saturated rings. The molecule has 0 atom stereocenters. The van der Waals surface area contributed by atoms with Crippen molar-refractivity contribution in [2.24, 2.45) is 10.3 Å². The van der Waals surface area contributed by atoms with E-state index >= 15 is 0 Å². The minimum atomic E-state index is -0.629. The van der Waals surface area contributed by atoms with Crippen LogP contribution in [0.15, 0.2) is 28.5 Å². The van der Waals surface area contributed by atoms with Crippen LogP contribution in [0.4, 0.5) is 16.2 Å². The first kappa shape index (κ1) is 22.4. The molecule has 27 heavy (non-hydrogen) atoms. The minimum absolute atomic E-state index is 0.109. The third kappa shape index (κ3) is 8.54. The molecular weight excluding hydrogens is 348 g/mol. The highest BCUT2D eigenvalue weighted by Crippen LogP contribution is 2.20. The van der Waals surface area contributed by atoms with E-state index in [9.17, 15) is 4.79 Å². The van der Waals surface area contributed by atoms with E-state index in [2.05, 4.69) is 20.9 Å². The number of nitrogens with zero attached hydrogens (tertiary/aromatic N) is 2. The Morgan fingerprint density at radius 2 is 1.63 bits per heavy atom. The molecule has 1 amide bonds.